The first-order chi connectivity index (χ1) is 17.2. The van der Waals surface area contributed by atoms with Gasteiger partial charge in [-0.3, -0.25) is 14.5 Å². The number of carbonyl (C=O) groups is 2. The van der Waals surface area contributed by atoms with Gasteiger partial charge in [-0.05, 0) is 58.9 Å². The standard InChI is InChI=1S/C30H29NO5/c1-5-18-6-8-19(9-7-18)26-25(27(32)20-10-15-23-24(16-20)36-17-35-23)28(33)29(34)31(26)22-13-11-21(12-14-22)30(2,3)4/h6-16,26,32H,5,17H2,1-4H3/b27-25-. The van der Waals surface area contributed by atoms with Crippen molar-refractivity contribution in [2.75, 3.05) is 11.7 Å². The average Bonchev–Trinajstić information content (AvgIpc) is 3.45. The Labute approximate surface area is 210 Å². The molecule has 5 rings (SSSR count). The van der Waals surface area contributed by atoms with Crippen LogP contribution in [0, 0.1) is 0 Å². The highest BCUT2D eigenvalue weighted by Gasteiger charge is 2.47. The lowest BCUT2D eigenvalue weighted by Crippen LogP contribution is -2.29. The highest BCUT2D eigenvalue weighted by atomic mass is 16.7. The molecule has 0 aromatic heterocycles. The van der Waals surface area contributed by atoms with E-state index in [1.54, 1.807) is 18.2 Å². The molecule has 0 saturated carbocycles. The van der Waals surface area contributed by atoms with Crippen molar-refractivity contribution in [3.63, 3.8) is 0 Å². The topological polar surface area (TPSA) is 76.1 Å². The lowest BCUT2D eigenvalue weighted by molar-refractivity contribution is -0.132. The van der Waals surface area contributed by atoms with Crippen molar-refractivity contribution in [3.8, 4) is 11.5 Å². The zero-order valence-electron chi connectivity index (χ0n) is 20.9. The maximum Gasteiger partial charge on any atom is 0.300 e. The number of Topliss-reactive ketones (excluding diaryl/α,β-unsaturated/α-hetero) is 1. The van der Waals surface area contributed by atoms with Crippen LogP contribution in [0.5, 0.6) is 11.5 Å². The van der Waals surface area contributed by atoms with Crippen molar-refractivity contribution in [1.29, 1.82) is 0 Å². The third-order valence-electron chi connectivity index (χ3n) is 6.81. The van der Waals surface area contributed by atoms with Crippen molar-refractivity contribution in [2.45, 2.75) is 45.6 Å². The fourth-order valence-electron chi connectivity index (χ4n) is 4.67. The summed E-state index contributed by atoms with van der Waals surface area (Å²) in [5.41, 5.74) is 3.97. The number of aryl methyl sites for hydroxylation is 1. The maximum absolute atomic E-state index is 13.4. The number of ether oxygens (including phenoxy) is 2. The van der Waals surface area contributed by atoms with Gasteiger partial charge in [0.2, 0.25) is 6.79 Å². The quantitative estimate of drug-likeness (QED) is 0.284. The average molecular weight is 484 g/mol. The Morgan fingerprint density at radius 3 is 2.25 bits per heavy atom. The van der Waals surface area contributed by atoms with Crippen LogP contribution in [0.25, 0.3) is 5.76 Å². The van der Waals surface area contributed by atoms with Gasteiger partial charge in [0.1, 0.15) is 5.76 Å². The normalized spacial score (nSPS) is 18.7. The van der Waals surface area contributed by atoms with E-state index in [0.717, 1.165) is 23.1 Å². The maximum atomic E-state index is 13.4. The second-order valence-electron chi connectivity index (χ2n) is 10.1. The predicted molar refractivity (Wildman–Crippen MR) is 138 cm³/mol. The molecule has 0 aliphatic carbocycles. The number of nitrogens with zero attached hydrogens (tertiary/aromatic N) is 1. The van der Waals surface area contributed by atoms with E-state index in [1.165, 1.54) is 4.90 Å². The molecular formula is C30H29NO5. The highest BCUT2D eigenvalue weighted by Crippen LogP contribution is 2.43. The first-order valence-corrected chi connectivity index (χ1v) is 12.1. The molecule has 2 aliphatic rings. The number of amides is 1. The van der Waals surface area contributed by atoms with Gasteiger partial charge in [-0.1, -0.05) is 64.1 Å². The van der Waals surface area contributed by atoms with Crippen LogP contribution in [-0.2, 0) is 21.4 Å². The van der Waals surface area contributed by atoms with E-state index in [2.05, 4.69) is 27.7 Å². The largest absolute Gasteiger partial charge is 0.507 e. The van der Waals surface area contributed by atoms with Crippen LogP contribution in [0.15, 0.2) is 72.3 Å². The highest BCUT2D eigenvalue weighted by molar-refractivity contribution is 6.51. The second kappa shape index (κ2) is 8.86. The molecule has 184 valence electrons. The second-order valence-corrected chi connectivity index (χ2v) is 10.1. The smallest absolute Gasteiger partial charge is 0.300 e. The molecule has 6 heteroatoms. The molecule has 6 nitrogen and oxygen atoms in total. The van der Waals surface area contributed by atoms with Gasteiger partial charge in [0, 0.05) is 11.3 Å². The number of hydrogen-bond acceptors (Lipinski definition) is 5. The van der Waals surface area contributed by atoms with Gasteiger partial charge in [0.15, 0.2) is 11.5 Å². The summed E-state index contributed by atoms with van der Waals surface area (Å²) in [4.78, 5) is 28.3. The Morgan fingerprint density at radius 1 is 0.944 bits per heavy atom. The van der Waals surface area contributed by atoms with Gasteiger partial charge in [-0.25, -0.2) is 0 Å². The number of aliphatic hydroxyl groups excluding tert-OH is 1. The zero-order chi connectivity index (χ0) is 25.6. The van der Waals surface area contributed by atoms with Gasteiger partial charge >= 0.3 is 0 Å². The van der Waals surface area contributed by atoms with Crippen LogP contribution in [0.4, 0.5) is 5.69 Å². The number of hydrogen-bond donors (Lipinski definition) is 1. The molecule has 3 aromatic rings. The van der Waals surface area contributed by atoms with E-state index >= 15 is 0 Å². The first kappa shape index (κ1) is 23.7. The van der Waals surface area contributed by atoms with Crippen molar-refractivity contribution in [1.82, 2.24) is 0 Å². The van der Waals surface area contributed by atoms with Crippen LogP contribution in [0.1, 0.15) is 56.0 Å². The van der Waals surface area contributed by atoms with Crippen LogP contribution in [0.2, 0.25) is 0 Å². The Morgan fingerprint density at radius 2 is 1.61 bits per heavy atom. The van der Waals surface area contributed by atoms with Crippen molar-refractivity contribution in [3.05, 3.63) is 94.6 Å². The van der Waals surface area contributed by atoms with Crippen LogP contribution < -0.4 is 14.4 Å². The third-order valence-corrected chi connectivity index (χ3v) is 6.81. The minimum atomic E-state index is -0.776. The molecule has 0 spiro atoms. The van der Waals surface area contributed by atoms with Gasteiger partial charge < -0.3 is 14.6 Å². The van der Waals surface area contributed by atoms with Gasteiger partial charge in [0.05, 0.1) is 11.6 Å². The monoisotopic (exact) mass is 483 g/mol. The number of anilines is 1. The summed E-state index contributed by atoms with van der Waals surface area (Å²) in [7, 11) is 0. The number of carbonyl (C=O) groups excluding carboxylic acids is 2. The number of ketones is 1. The summed E-state index contributed by atoms with van der Waals surface area (Å²) in [5, 5.41) is 11.4. The number of aliphatic hydroxyl groups is 1. The Hall–Kier alpha value is -4.06. The molecular weight excluding hydrogens is 454 g/mol. The van der Waals surface area contributed by atoms with Crippen LogP contribution >= 0.6 is 0 Å². The molecule has 1 amide bonds. The van der Waals surface area contributed by atoms with E-state index in [0.29, 0.717) is 22.7 Å². The number of fused-ring (bicyclic) bond motifs is 1. The van der Waals surface area contributed by atoms with E-state index < -0.39 is 17.7 Å². The fraction of sp³-hybridized carbons (Fsp3) is 0.267. The Kier molecular flexibility index (Phi) is 5.83. The van der Waals surface area contributed by atoms with E-state index in [9.17, 15) is 14.7 Å². The zero-order valence-corrected chi connectivity index (χ0v) is 20.9. The van der Waals surface area contributed by atoms with Crippen LogP contribution in [-0.4, -0.2) is 23.6 Å². The lowest BCUT2D eigenvalue weighted by Gasteiger charge is -2.27. The summed E-state index contributed by atoms with van der Waals surface area (Å²) < 4.78 is 10.8. The molecule has 1 atom stereocenters. The summed E-state index contributed by atoms with van der Waals surface area (Å²) >= 11 is 0. The molecule has 36 heavy (non-hydrogen) atoms. The third kappa shape index (κ3) is 4.02. The molecule has 0 bridgehead atoms. The van der Waals surface area contributed by atoms with Crippen LogP contribution in [0.3, 0.4) is 0 Å². The van der Waals surface area contributed by atoms with Crippen molar-refractivity contribution in [2.24, 2.45) is 0 Å². The van der Waals surface area contributed by atoms with Crippen molar-refractivity contribution < 1.29 is 24.2 Å². The van der Waals surface area contributed by atoms with E-state index in [1.807, 2.05) is 48.5 Å². The summed E-state index contributed by atoms with van der Waals surface area (Å²) in [6.07, 6.45) is 0.867. The van der Waals surface area contributed by atoms with E-state index in [-0.39, 0.29) is 23.5 Å². The number of benzene rings is 3. The summed E-state index contributed by atoms with van der Waals surface area (Å²) in [6.45, 7) is 8.52. The summed E-state index contributed by atoms with van der Waals surface area (Å²) in [6, 6.07) is 19.7. The molecule has 2 heterocycles. The molecule has 0 radical (unpaired) electrons. The Balaban J connectivity index is 1.66. The summed E-state index contributed by atoms with van der Waals surface area (Å²) in [5.74, 6) is -0.599. The molecule has 1 saturated heterocycles. The van der Waals surface area contributed by atoms with E-state index in [4.69, 9.17) is 9.47 Å². The van der Waals surface area contributed by atoms with Crippen molar-refractivity contribution >= 4 is 23.1 Å². The minimum absolute atomic E-state index is 0.0445. The molecule has 1 N–H and O–H groups in total. The first-order valence-electron chi connectivity index (χ1n) is 12.1. The van der Waals surface area contributed by atoms with Gasteiger partial charge in [-0.15, -0.1) is 0 Å². The SMILES string of the molecule is CCc1ccc(C2/C(=C(/O)c3ccc4c(c3)OCO4)C(=O)C(=O)N2c2ccc(C(C)(C)C)cc2)cc1. The molecule has 2 aliphatic heterocycles. The molecule has 3 aromatic carbocycles. The minimum Gasteiger partial charge on any atom is -0.507 e. The number of rotatable bonds is 4. The lowest BCUT2D eigenvalue weighted by atomic mass is 9.87. The molecule has 1 unspecified atom stereocenters. The molecule has 1 fully saturated rings. The fourth-order valence-corrected chi connectivity index (χ4v) is 4.67. The predicted octanol–water partition coefficient (Wildman–Crippen LogP) is 5.90. The Bertz CT molecular complexity index is 1360. The van der Waals surface area contributed by atoms with Gasteiger partial charge in [0.25, 0.3) is 11.7 Å². The van der Waals surface area contributed by atoms with Gasteiger partial charge in [-0.2, -0.15) is 0 Å².